The summed E-state index contributed by atoms with van der Waals surface area (Å²) in [6.45, 7) is 3.00. The van der Waals surface area contributed by atoms with E-state index in [0.29, 0.717) is 31.5 Å². The summed E-state index contributed by atoms with van der Waals surface area (Å²) in [7, 11) is 0. The first-order valence-corrected chi connectivity index (χ1v) is 8.51. The Balaban J connectivity index is 1.63. The lowest BCUT2D eigenvalue weighted by molar-refractivity contribution is -0.0194. The third-order valence-electron chi connectivity index (χ3n) is 4.45. The third kappa shape index (κ3) is 4.07. The zero-order chi connectivity index (χ0) is 17.8. The van der Waals surface area contributed by atoms with Gasteiger partial charge in [-0.1, -0.05) is 37.3 Å². The molecule has 0 amide bonds. The second kappa shape index (κ2) is 7.77. The molecule has 2 aromatic rings. The first kappa shape index (κ1) is 17.6. The highest BCUT2D eigenvalue weighted by Crippen LogP contribution is 2.27. The SMILES string of the molecule is CCc1cn([C@H]2C[C@H](O)[C@@H](CNCc3ccccc3)O2)c(=O)[nH]c1=O. The van der Waals surface area contributed by atoms with Gasteiger partial charge in [-0.25, -0.2) is 4.79 Å². The normalized spacial score (nSPS) is 23.0. The summed E-state index contributed by atoms with van der Waals surface area (Å²) >= 11 is 0. The topological polar surface area (TPSA) is 96.3 Å². The second-order valence-electron chi connectivity index (χ2n) is 6.22. The molecule has 0 bridgehead atoms. The Bertz CT molecular complexity index is 815. The van der Waals surface area contributed by atoms with E-state index in [9.17, 15) is 14.7 Å². The molecule has 2 heterocycles. The van der Waals surface area contributed by atoms with Crippen LogP contribution in [0.25, 0.3) is 0 Å². The fourth-order valence-corrected chi connectivity index (χ4v) is 3.02. The van der Waals surface area contributed by atoms with E-state index < -0.39 is 24.1 Å². The van der Waals surface area contributed by atoms with Crippen LogP contribution in [0.5, 0.6) is 0 Å². The van der Waals surface area contributed by atoms with Gasteiger partial charge >= 0.3 is 5.69 Å². The number of nitrogens with zero attached hydrogens (tertiary/aromatic N) is 1. The van der Waals surface area contributed by atoms with E-state index in [4.69, 9.17) is 4.74 Å². The molecule has 7 heteroatoms. The minimum atomic E-state index is -0.669. The smallest absolute Gasteiger partial charge is 0.330 e. The maximum atomic E-state index is 12.0. The molecule has 0 saturated carbocycles. The molecule has 1 aliphatic heterocycles. The third-order valence-corrected chi connectivity index (χ3v) is 4.45. The molecule has 1 aromatic heterocycles. The van der Waals surface area contributed by atoms with E-state index in [-0.39, 0.29) is 5.56 Å². The molecule has 1 aliphatic rings. The van der Waals surface area contributed by atoms with Gasteiger partial charge in [-0.05, 0) is 12.0 Å². The summed E-state index contributed by atoms with van der Waals surface area (Å²) in [5.74, 6) is 0. The Hall–Kier alpha value is -2.22. The molecule has 1 saturated heterocycles. The van der Waals surface area contributed by atoms with Crippen LogP contribution >= 0.6 is 0 Å². The molecule has 7 nitrogen and oxygen atoms in total. The number of nitrogens with one attached hydrogen (secondary N) is 2. The zero-order valence-corrected chi connectivity index (χ0v) is 14.1. The van der Waals surface area contributed by atoms with Gasteiger partial charge in [-0.15, -0.1) is 0 Å². The van der Waals surface area contributed by atoms with Gasteiger partial charge in [0.1, 0.15) is 6.23 Å². The number of hydrogen-bond donors (Lipinski definition) is 3. The van der Waals surface area contributed by atoms with Crippen LogP contribution in [0.15, 0.2) is 46.1 Å². The van der Waals surface area contributed by atoms with Crippen LogP contribution in [0, 0.1) is 0 Å². The number of hydrogen-bond acceptors (Lipinski definition) is 5. The predicted molar refractivity (Wildman–Crippen MR) is 93.4 cm³/mol. The molecular weight excluding hydrogens is 322 g/mol. The van der Waals surface area contributed by atoms with Crippen molar-refractivity contribution in [3.8, 4) is 0 Å². The number of aromatic amines is 1. The Morgan fingerprint density at radius 3 is 2.80 bits per heavy atom. The Labute approximate surface area is 145 Å². The van der Waals surface area contributed by atoms with Crippen LogP contribution in [0.1, 0.15) is 30.7 Å². The number of aliphatic hydroxyl groups excluding tert-OH is 1. The fourth-order valence-electron chi connectivity index (χ4n) is 3.02. The molecule has 25 heavy (non-hydrogen) atoms. The van der Waals surface area contributed by atoms with E-state index in [1.165, 1.54) is 10.8 Å². The van der Waals surface area contributed by atoms with Crippen molar-refractivity contribution < 1.29 is 9.84 Å². The number of H-pyrrole nitrogens is 1. The highest BCUT2D eigenvalue weighted by atomic mass is 16.5. The van der Waals surface area contributed by atoms with Crippen molar-refractivity contribution >= 4 is 0 Å². The van der Waals surface area contributed by atoms with E-state index in [1.54, 1.807) is 0 Å². The summed E-state index contributed by atoms with van der Waals surface area (Å²) in [6.07, 6.45) is 0.709. The highest BCUT2D eigenvalue weighted by Gasteiger charge is 2.35. The Morgan fingerprint density at radius 1 is 1.32 bits per heavy atom. The van der Waals surface area contributed by atoms with Crippen molar-refractivity contribution in [1.29, 1.82) is 0 Å². The van der Waals surface area contributed by atoms with Crippen molar-refractivity contribution in [3.05, 3.63) is 68.5 Å². The first-order chi connectivity index (χ1) is 12.1. The van der Waals surface area contributed by atoms with Gasteiger partial charge in [0.2, 0.25) is 0 Å². The molecule has 1 aromatic carbocycles. The average Bonchev–Trinajstić information content (AvgIpc) is 2.97. The van der Waals surface area contributed by atoms with Crippen molar-refractivity contribution in [1.82, 2.24) is 14.9 Å². The summed E-state index contributed by atoms with van der Waals surface area (Å²) in [4.78, 5) is 26.0. The number of aryl methyl sites for hydroxylation is 1. The predicted octanol–water partition coefficient (Wildman–Crippen LogP) is 0.537. The molecule has 0 unspecified atom stereocenters. The van der Waals surface area contributed by atoms with Gasteiger partial charge in [0, 0.05) is 31.3 Å². The van der Waals surface area contributed by atoms with Gasteiger partial charge in [0.05, 0.1) is 12.2 Å². The number of aliphatic hydroxyl groups is 1. The standard InChI is InChI=1S/C18H23N3O4/c1-2-13-11-21(18(24)20-17(13)23)16-8-14(22)15(25-16)10-19-9-12-6-4-3-5-7-12/h3-7,11,14-16,19,22H,2,8-10H2,1H3,(H,20,23,24)/t14-,15+,16+/m0/s1. The maximum absolute atomic E-state index is 12.0. The van der Waals surface area contributed by atoms with Gasteiger partial charge < -0.3 is 15.2 Å². The average molecular weight is 345 g/mol. The first-order valence-electron chi connectivity index (χ1n) is 8.51. The van der Waals surface area contributed by atoms with E-state index in [1.807, 2.05) is 37.3 Å². The molecule has 3 N–H and O–H groups in total. The van der Waals surface area contributed by atoms with E-state index >= 15 is 0 Å². The molecule has 0 aliphatic carbocycles. The van der Waals surface area contributed by atoms with Crippen LogP contribution < -0.4 is 16.6 Å². The highest BCUT2D eigenvalue weighted by molar-refractivity contribution is 5.14. The summed E-state index contributed by atoms with van der Waals surface area (Å²) in [5.41, 5.74) is 0.778. The molecule has 1 fully saturated rings. The monoisotopic (exact) mass is 345 g/mol. The summed E-state index contributed by atoms with van der Waals surface area (Å²) in [6, 6.07) is 9.95. The number of benzene rings is 1. The lowest BCUT2D eigenvalue weighted by Gasteiger charge is -2.17. The largest absolute Gasteiger partial charge is 0.390 e. The van der Waals surface area contributed by atoms with Crippen LogP contribution in [-0.2, 0) is 17.7 Å². The van der Waals surface area contributed by atoms with Crippen molar-refractivity contribution in [2.75, 3.05) is 6.54 Å². The van der Waals surface area contributed by atoms with E-state index in [2.05, 4.69) is 10.3 Å². The second-order valence-corrected chi connectivity index (χ2v) is 6.22. The lowest BCUT2D eigenvalue weighted by Crippen LogP contribution is -2.35. The minimum absolute atomic E-state index is 0.312. The van der Waals surface area contributed by atoms with Crippen LogP contribution in [0.2, 0.25) is 0 Å². The van der Waals surface area contributed by atoms with Gasteiger partial charge in [0.25, 0.3) is 5.56 Å². The molecule has 3 atom stereocenters. The molecule has 0 spiro atoms. The molecular formula is C18H23N3O4. The Morgan fingerprint density at radius 2 is 2.08 bits per heavy atom. The maximum Gasteiger partial charge on any atom is 0.330 e. The number of ether oxygens (including phenoxy) is 1. The fraction of sp³-hybridized carbons (Fsp3) is 0.444. The van der Waals surface area contributed by atoms with Crippen molar-refractivity contribution in [2.24, 2.45) is 0 Å². The van der Waals surface area contributed by atoms with Crippen LogP contribution in [-0.4, -0.2) is 33.4 Å². The molecule has 134 valence electrons. The number of rotatable bonds is 6. The number of aromatic nitrogens is 2. The van der Waals surface area contributed by atoms with Crippen molar-refractivity contribution in [2.45, 2.75) is 44.7 Å². The van der Waals surface area contributed by atoms with Crippen LogP contribution in [0.4, 0.5) is 0 Å². The van der Waals surface area contributed by atoms with Gasteiger partial charge in [0.15, 0.2) is 0 Å². The Kier molecular flexibility index (Phi) is 5.47. The van der Waals surface area contributed by atoms with Crippen LogP contribution in [0.3, 0.4) is 0 Å². The van der Waals surface area contributed by atoms with Crippen molar-refractivity contribution in [3.63, 3.8) is 0 Å². The zero-order valence-electron chi connectivity index (χ0n) is 14.1. The quantitative estimate of drug-likeness (QED) is 0.710. The summed E-state index contributed by atoms with van der Waals surface area (Å²) < 4.78 is 7.21. The van der Waals surface area contributed by atoms with Gasteiger partial charge in [-0.2, -0.15) is 0 Å². The lowest BCUT2D eigenvalue weighted by atomic mass is 10.1. The molecule has 3 rings (SSSR count). The minimum Gasteiger partial charge on any atom is -0.390 e. The van der Waals surface area contributed by atoms with E-state index in [0.717, 1.165) is 5.56 Å². The summed E-state index contributed by atoms with van der Waals surface area (Å²) in [5, 5.41) is 13.5. The molecule has 0 radical (unpaired) electrons. The van der Waals surface area contributed by atoms with Gasteiger partial charge in [-0.3, -0.25) is 14.3 Å².